The van der Waals surface area contributed by atoms with E-state index in [9.17, 15) is 70.9 Å². The molecule has 0 bridgehead atoms. The number of rotatable bonds is 54. The molecule has 9 heterocycles. The van der Waals surface area contributed by atoms with Gasteiger partial charge in [-0.1, -0.05) is 58.0 Å². The third-order valence-corrected chi connectivity index (χ3v) is 22.1. The maximum atomic E-state index is 15.0. The Morgan fingerprint density at radius 1 is 0.483 bits per heavy atom. The van der Waals surface area contributed by atoms with Gasteiger partial charge in [-0.25, -0.2) is 23.7 Å². The van der Waals surface area contributed by atoms with Crippen molar-refractivity contribution in [2.24, 2.45) is 11.8 Å². The van der Waals surface area contributed by atoms with E-state index >= 15 is 4.79 Å². The van der Waals surface area contributed by atoms with Gasteiger partial charge in [0.1, 0.15) is 78.1 Å². The molecule has 4 fully saturated rings. The third-order valence-electron chi connectivity index (χ3n) is 19.8. The van der Waals surface area contributed by atoms with Crippen LogP contribution in [0.5, 0.6) is 0 Å². The monoisotopic (exact) mass is 1720 g/mol. The van der Waals surface area contributed by atoms with E-state index in [1.165, 1.54) is 24.6 Å². The van der Waals surface area contributed by atoms with Gasteiger partial charge in [0.25, 0.3) is 0 Å². The van der Waals surface area contributed by atoms with Gasteiger partial charge in [-0.2, -0.15) is 0 Å². The van der Waals surface area contributed by atoms with Gasteiger partial charge in [0, 0.05) is 95.1 Å². The summed E-state index contributed by atoms with van der Waals surface area (Å²) in [6.45, 7) is 7.70. The summed E-state index contributed by atoms with van der Waals surface area (Å²) in [6, 6.07) is 2.63. The van der Waals surface area contributed by atoms with Crippen LogP contribution in [-0.4, -0.2) is 395 Å². The molecule has 9 rings (SSSR count). The molecule has 4 saturated heterocycles. The first-order valence-corrected chi connectivity index (χ1v) is 41.7. The molecule has 4 aliphatic rings. The summed E-state index contributed by atoms with van der Waals surface area (Å²) in [5, 5.41) is 167. The van der Waals surface area contributed by atoms with E-state index < -0.39 is 167 Å². The lowest BCUT2D eigenvalue weighted by molar-refractivity contribution is -0.284. The number of nitrogens with zero attached hydrogens (tertiary/aromatic N) is 15. The van der Waals surface area contributed by atoms with Crippen molar-refractivity contribution in [1.29, 1.82) is 0 Å². The van der Waals surface area contributed by atoms with Crippen molar-refractivity contribution < 1.29 is 133 Å². The zero-order chi connectivity index (χ0) is 84.5. The molecule has 0 saturated carbocycles. The minimum Gasteiger partial charge on any atom is -0.394 e. The van der Waals surface area contributed by atoms with Crippen LogP contribution < -0.4 is 16.0 Å². The minimum absolute atomic E-state index is 0.0346. The summed E-state index contributed by atoms with van der Waals surface area (Å²) in [5.74, 6) is -1.83. The van der Waals surface area contributed by atoms with Gasteiger partial charge in [-0.3, -0.25) is 24.2 Å². The molecule has 664 valence electrons. The number of ether oxygens (including phenoxy) is 12. The van der Waals surface area contributed by atoms with Gasteiger partial charge in [-0.15, -0.1) is 20.4 Å². The van der Waals surface area contributed by atoms with Crippen LogP contribution in [0.15, 0.2) is 54.2 Å². The second-order valence-electron chi connectivity index (χ2n) is 28.8. The van der Waals surface area contributed by atoms with Gasteiger partial charge in [0.15, 0.2) is 25.2 Å². The first kappa shape index (κ1) is 95.6. The molecule has 21 atom stereocenters. The number of aliphatic hydroxyl groups excluding tert-OH is 12. The highest BCUT2D eigenvalue weighted by molar-refractivity contribution is 8.76. The van der Waals surface area contributed by atoms with Crippen LogP contribution >= 0.6 is 21.6 Å². The Morgan fingerprint density at radius 3 is 1.23 bits per heavy atom. The van der Waals surface area contributed by atoms with Crippen molar-refractivity contribution in [3.63, 3.8) is 0 Å². The Kier molecular flexibility index (Phi) is 40.8. The Labute approximate surface area is 688 Å². The fourth-order valence-corrected chi connectivity index (χ4v) is 15.2. The predicted molar refractivity (Wildman–Crippen MR) is 408 cm³/mol. The summed E-state index contributed by atoms with van der Waals surface area (Å²) < 4.78 is 75.9. The van der Waals surface area contributed by atoms with E-state index in [2.05, 4.69) is 67.1 Å². The number of nitrogens with one attached hydrogen (secondary N) is 3. The van der Waals surface area contributed by atoms with Gasteiger partial charge < -0.3 is 134 Å². The molecule has 0 spiro atoms. The topological polar surface area (TPSA) is 583 Å². The lowest BCUT2D eigenvalue weighted by Crippen LogP contribution is -2.64. The minimum atomic E-state index is -1.48. The van der Waals surface area contributed by atoms with Crippen molar-refractivity contribution in [1.82, 2.24) is 90.7 Å². The molecule has 118 heavy (non-hydrogen) atoms. The molecule has 0 radical (unpaired) electrons. The van der Waals surface area contributed by atoms with Crippen LogP contribution in [0.3, 0.4) is 0 Å². The molecule has 3 amide bonds. The molecule has 20 unspecified atom stereocenters. The molecule has 0 aromatic carbocycles. The molecule has 5 aromatic heterocycles. The van der Waals surface area contributed by atoms with E-state index in [1.807, 2.05) is 23.1 Å². The normalized spacial score (nSPS) is 27.7. The van der Waals surface area contributed by atoms with Crippen molar-refractivity contribution in [2.75, 3.05) is 125 Å². The van der Waals surface area contributed by atoms with Crippen LogP contribution in [-0.2, 0) is 124 Å². The highest BCUT2D eigenvalue weighted by Crippen LogP contribution is 2.31. The van der Waals surface area contributed by atoms with Gasteiger partial charge in [0.2, 0.25) is 17.7 Å². The first-order chi connectivity index (χ1) is 57.0. The fourth-order valence-electron chi connectivity index (χ4n) is 13.4. The summed E-state index contributed by atoms with van der Waals surface area (Å²) in [6.07, 6.45) is -8.97. The average molecular weight is 1720 g/mol. The molecular formula is C71H116N18O27S2. The number of aliphatic hydroxyl groups is 12. The molecular weight excluding hydrogens is 1600 g/mol. The summed E-state index contributed by atoms with van der Waals surface area (Å²) >= 11 is 0. The number of pyridine rings is 1. The number of hydrogen-bond acceptors (Lipinski definition) is 40. The second-order valence-corrected chi connectivity index (χ2v) is 31.2. The van der Waals surface area contributed by atoms with Gasteiger partial charge in [-0.05, 0) is 42.3 Å². The van der Waals surface area contributed by atoms with Crippen LogP contribution in [0.25, 0.3) is 0 Å². The Bertz CT molecular complexity index is 3470. The Hall–Kier alpha value is -6.22. The van der Waals surface area contributed by atoms with Crippen LogP contribution in [0.1, 0.15) is 69.7 Å². The second kappa shape index (κ2) is 50.4. The number of hydrogen-bond donors (Lipinski definition) is 15. The van der Waals surface area contributed by atoms with Crippen LogP contribution in [0, 0.1) is 11.8 Å². The van der Waals surface area contributed by atoms with Crippen molar-refractivity contribution in [2.45, 2.75) is 221 Å². The number of unbranched alkanes of at least 4 members (excludes halogenated alkanes) is 1. The molecule has 45 nitrogen and oxygen atoms in total. The Balaban J connectivity index is 0.867. The number of carbonyl (C=O) groups excluding carboxylic acids is 3. The SMILES string of the molecule is CC(=O)NC1C(OCCOCCn2cc(CN(CCCC[C@H](C(=O)NCCSSc3ccccn3)N(Cc3cn(CCOCCOC4OC(CO)C(O)C(O)C4C)nn3)Cc3cn(CCOCCOC4OC(CO)C(O)C(O)C4C)nn3)Cc3cn(CCOCCOC4OC(CO)C(O)C(O)C4NC(C)=O)nn3)nn2)OC(CO)C(O)C1O. The highest BCUT2D eigenvalue weighted by atomic mass is 33.1. The lowest BCUT2D eigenvalue weighted by Gasteiger charge is -2.42. The lowest BCUT2D eigenvalue weighted by atomic mass is 9.92. The van der Waals surface area contributed by atoms with Crippen LogP contribution in [0.4, 0.5) is 0 Å². The Morgan fingerprint density at radius 2 is 0.856 bits per heavy atom. The van der Waals surface area contributed by atoms with E-state index in [4.69, 9.17) is 56.8 Å². The number of aromatic nitrogens is 13. The molecule has 47 heteroatoms. The number of carbonyl (C=O) groups is 3. The zero-order valence-electron chi connectivity index (χ0n) is 66.5. The summed E-state index contributed by atoms with van der Waals surface area (Å²) in [7, 11) is 3.04. The highest BCUT2D eigenvalue weighted by Gasteiger charge is 2.48. The van der Waals surface area contributed by atoms with Gasteiger partial charge >= 0.3 is 0 Å². The van der Waals surface area contributed by atoms with E-state index in [0.29, 0.717) is 74.0 Å². The summed E-state index contributed by atoms with van der Waals surface area (Å²) in [4.78, 5) is 47.4. The molecule has 15 N–H and O–H groups in total. The van der Waals surface area contributed by atoms with E-state index in [0.717, 1.165) is 5.03 Å². The maximum absolute atomic E-state index is 15.0. The summed E-state index contributed by atoms with van der Waals surface area (Å²) in [5.41, 5.74) is 2.27. The van der Waals surface area contributed by atoms with Gasteiger partial charge in [0.05, 0.1) is 173 Å². The number of amides is 3. The van der Waals surface area contributed by atoms with E-state index in [1.54, 1.807) is 74.4 Å². The van der Waals surface area contributed by atoms with Crippen molar-refractivity contribution >= 4 is 39.3 Å². The predicted octanol–water partition coefficient (Wildman–Crippen LogP) is -6.58. The smallest absolute Gasteiger partial charge is 0.237 e. The maximum Gasteiger partial charge on any atom is 0.237 e. The first-order valence-electron chi connectivity index (χ1n) is 39.4. The zero-order valence-corrected chi connectivity index (χ0v) is 68.1. The van der Waals surface area contributed by atoms with Crippen molar-refractivity contribution in [3.8, 4) is 0 Å². The third kappa shape index (κ3) is 29.8. The molecule has 4 aliphatic heterocycles. The van der Waals surface area contributed by atoms with Crippen molar-refractivity contribution in [3.05, 3.63) is 72.0 Å². The quantitative estimate of drug-likeness (QED) is 0.0127. The fraction of sp³-hybridized carbons (Fsp3) is 0.775. The van der Waals surface area contributed by atoms with Crippen LogP contribution in [0.2, 0.25) is 0 Å². The average Bonchev–Trinajstić information content (AvgIpc) is 1.74. The van der Waals surface area contributed by atoms with E-state index in [-0.39, 0.29) is 124 Å². The molecule has 0 aliphatic carbocycles. The largest absolute Gasteiger partial charge is 0.394 e. The molecule has 5 aromatic rings. The standard InChI is InChI=1S/C71H116N18O27S2/c1-43-59(96)61(98)52(39-90)113-68(43)109-26-22-105-20-16-88-37-49(78-82-88)33-85(34-50-38-89(83-79-50)17-21-106-23-27-110-69-44(2)60(97)62(99)53(40-91)114-69)51(67(104)73-12-30-117-118-56-10-5-7-11-72-56)9-6-8-13-84(31-47-35-86(80-76-47)14-18-107-24-28-111-70-57(74-45(3)94)65(102)63(100)54(41-92)115-70)32-48-36-87(81-77-48)15-19-108-25-29-112-71-58(75-46(4)95)66(103)64(101)55(42-93)116-71/h5,7,10-11,35-38,43-44,51-55,57-66,68-71,90-93,96-103H,6,8-9,12-34,39-42H2,1-4H3,(H,73,104)(H,74,94)(H,75,95)/t43?,44?,51-,52?,53?,54?,55?,57?,58?,59?,60?,61?,62?,63?,64?,65?,66?,68?,69?,70?,71?/m1/s1.